The Hall–Kier alpha value is -3.01. The molecule has 0 N–H and O–H groups in total. The van der Waals surface area contributed by atoms with Crippen molar-refractivity contribution in [3.05, 3.63) is 96.8 Å². The van der Waals surface area contributed by atoms with Gasteiger partial charge in [0.2, 0.25) is 0 Å². The minimum Gasteiger partial charge on any atom is -0.269 e. The number of aromatic nitrogens is 4. The number of aryl methyl sites for hydroxylation is 1. The Bertz CT molecular complexity index is 1630. The molecule has 0 saturated heterocycles. The zero-order valence-electron chi connectivity index (χ0n) is 16.6. The number of nitrogens with zero attached hydrogens (tertiary/aromatic N) is 4. The topological polar surface area (TPSA) is 69.3 Å². The Kier molecular flexibility index (Phi) is 5.32. The van der Waals surface area contributed by atoms with E-state index in [0.29, 0.717) is 38.2 Å². The predicted octanol–water partition coefficient (Wildman–Crippen LogP) is 4.85. The molecule has 3 aromatic heterocycles. The number of benzene rings is 2. The summed E-state index contributed by atoms with van der Waals surface area (Å²) in [4.78, 5) is 35.6. The number of thiazole rings is 1. The van der Waals surface area contributed by atoms with Crippen LogP contribution in [0.2, 0.25) is 5.02 Å². The summed E-state index contributed by atoms with van der Waals surface area (Å²) in [7, 11) is 0. The summed E-state index contributed by atoms with van der Waals surface area (Å²) in [5.41, 5.74) is 1.91. The molecule has 0 aliphatic heterocycles. The number of para-hydroxylation sites is 1. The third-order valence-electron chi connectivity index (χ3n) is 4.88. The van der Waals surface area contributed by atoms with Crippen molar-refractivity contribution in [1.82, 2.24) is 18.9 Å². The first-order valence-corrected chi connectivity index (χ1v) is 11.7. The third-order valence-corrected chi connectivity index (χ3v) is 7.09. The molecular formula is C22H14ClFN4O2S2. The van der Waals surface area contributed by atoms with E-state index >= 15 is 0 Å². The van der Waals surface area contributed by atoms with Gasteiger partial charge in [0.25, 0.3) is 11.1 Å². The SMILES string of the molecule is Cc1csc2nc(CSc3nc4ccccc4c(=O)n3-c3ccc(F)c(Cl)c3)cc(=O)n12. The largest absolute Gasteiger partial charge is 0.269 e. The molecule has 0 unspecified atom stereocenters. The molecule has 0 atom stereocenters. The van der Waals surface area contributed by atoms with E-state index in [1.54, 1.807) is 28.7 Å². The molecule has 3 heterocycles. The van der Waals surface area contributed by atoms with Crippen LogP contribution in [-0.2, 0) is 5.75 Å². The number of hydrogen-bond acceptors (Lipinski definition) is 6. The first kappa shape index (κ1) is 20.9. The van der Waals surface area contributed by atoms with Gasteiger partial charge in [-0.3, -0.25) is 18.6 Å². The van der Waals surface area contributed by atoms with E-state index in [1.807, 2.05) is 12.3 Å². The standard InChI is InChI=1S/C22H14ClFN4O2S2/c1-12-10-31-21-25-13(8-19(29)27(12)21)11-32-22-26-18-5-3-2-4-15(18)20(30)28(22)14-6-7-17(24)16(23)9-14/h2-10H,11H2,1H3. The second kappa shape index (κ2) is 8.16. The van der Waals surface area contributed by atoms with Crippen molar-refractivity contribution in [2.75, 3.05) is 0 Å². The highest BCUT2D eigenvalue weighted by Crippen LogP contribution is 2.26. The third kappa shape index (κ3) is 3.62. The summed E-state index contributed by atoms with van der Waals surface area (Å²) < 4.78 is 16.7. The summed E-state index contributed by atoms with van der Waals surface area (Å²) in [6, 6.07) is 12.6. The molecule has 0 fully saturated rings. The lowest BCUT2D eigenvalue weighted by molar-refractivity contribution is 0.627. The number of rotatable bonds is 4. The Morgan fingerprint density at radius 1 is 1.12 bits per heavy atom. The van der Waals surface area contributed by atoms with E-state index in [1.165, 1.54) is 51.9 Å². The van der Waals surface area contributed by atoms with E-state index in [9.17, 15) is 14.0 Å². The Morgan fingerprint density at radius 3 is 2.75 bits per heavy atom. The highest BCUT2D eigenvalue weighted by molar-refractivity contribution is 7.98. The summed E-state index contributed by atoms with van der Waals surface area (Å²) in [6.07, 6.45) is 0. The van der Waals surface area contributed by atoms with Crippen molar-refractivity contribution in [2.24, 2.45) is 0 Å². The maximum atomic E-state index is 13.7. The first-order chi connectivity index (χ1) is 15.4. The van der Waals surface area contributed by atoms with Gasteiger partial charge in [-0.15, -0.1) is 11.3 Å². The van der Waals surface area contributed by atoms with Gasteiger partial charge in [-0.2, -0.15) is 0 Å². The monoisotopic (exact) mass is 484 g/mol. The Balaban J connectivity index is 1.62. The lowest BCUT2D eigenvalue weighted by Crippen LogP contribution is -2.22. The smallest absolute Gasteiger partial charge is 0.266 e. The Labute approximate surface area is 194 Å². The normalized spacial score (nSPS) is 11.5. The molecule has 10 heteroatoms. The highest BCUT2D eigenvalue weighted by Gasteiger charge is 2.16. The van der Waals surface area contributed by atoms with Crippen LogP contribution in [0.3, 0.4) is 0 Å². The van der Waals surface area contributed by atoms with Crippen molar-refractivity contribution in [2.45, 2.75) is 17.8 Å². The quantitative estimate of drug-likeness (QED) is 0.269. The zero-order valence-corrected chi connectivity index (χ0v) is 19.0. The van der Waals surface area contributed by atoms with Gasteiger partial charge in [-0.05, 0) is 37.3 Å². The van der Waals surface area contributed by atoms with E-state index in [4.69, 9.17) is 11.6 Å². The molecule has 160 valence electrons. The fourth-order valence-electron chi connectivity index (χ4n) is 3.37. The molecule has 5 rings (SSSR count). The minimum absolute atomic E-state index is 0.0910. The average Bonchev–Trinajstić information content (AvgIpc) is 3.15. The van der Waals surface area contributed by atoms with Crippen LogP contribution in [0.4, 0.5) is 4.39 Å². The summed E-state index contributed by atoms with van der Waals surface area (Å²) >= 11 is 8.63. The van der Waals surface area contributed by atoms with Crippen LogP contribution in [0.5, 0.6) is 0 Å². The first-order valence-electron chi connectivity index (χ1n) is 9.49. The molecular weight excluding hydrogens is 471 g/mol. The van der Waals surface area contributed by atoms with Gasteiger partial charge in [-0.25, -0.2) is 14.4 Å². The Morgan fingerprint density at radius 2 is 1.94 bits per heavy atom. The molecule has 0 saturated carbocycles. The van der Waals surface area contributed by atoms with Gasteiger partial charge in [0.05, 0.1) is 27.3 Å². The van der Waals surface area contributed by atoms with Crippen LogP contribution in [0.25, 0.3) is 21.6 Å². The van der Waals surface area contributed by atoms with Crippen LogP contribution in [0.15, 0.2) is 68.7 Å². The molecule has 0 spiro atoms. The van der Waals surface area contributed by atoms with Crippen LogP contribution in [0.1, 0.15) is 11.4 Å². The van der Waals surface area contributed by atoms with Crippen LogP contribution in [-0.4, -0.2) is 18.9 Å². The number of thioether (sulfide) groups is 1. The van der Waals surface area contributed by atoms with Gasteiger partial charge in [0.15, 0.2) is 10.1 Å². The van der Waals surface area contributed by atoms with Crippen LogP contribution < -0.4 is 11.1 Å². The lowest BCUT2D eigenvalue weighted by atomic mass is 10.2. The highest BCUT2D eigenvalue weighted by atomic mass is 35.5. The van der Waals surface area contributed by atoms with Gasteiger partial charge >= 0.3 is 0 Å². The maximum absolute atomic E-state index is 13.7. The van der Waals surface area contributed by atoms with Crippen molar-refractivity contribution in [3.63, 3.8) is 0 Å². The van der Waals surface area contributed by atoms with E-state index in [2.05, 4.69) is 9.97 Å². The summed E-state index contributed by atoms with van der Waals surface area (Å²) in [6.45, 7) is 1.85. The van der Waals surface area contributed by atoms with Crippen molar-refractivity contribution in [1.29, 1.82) is 0 Å². The van der Waals surface area contributed by atoms with Crippen molar-refractivity contribution >= 4 is 50.6 Å². The molecule has 6 nitrogen and oxygen atoms in total. The van der Waals surface area contributed by atoms with Gasteiger partial charge in [-0.1, -0.05) is 35.5 Å². The van der Waals surface area contributed by atoms with Gasteiger partial charge < -0.3 is 0 Å². The lowest BCUT2D eigenvalue weighted by Gasteiger charge is -2.13. The molecule has 0 aliphatic rings. The second-order valence-electron chi connectivity index (χ2n) is 7.02. The number of hydrogen-bond donors (Lipinski definition) is 0. The summed E-state index contributed by atoms with van der Waals surface area (Å²) in [5.74, 6) is -0.252. The van der Waals surface area contributed by atoms with E-state index in [-0.39, 0.29) is 16.1 Å². The summed E-state index contributed by atoms with van der Waals surface area (Å²) in [5, 5.41) is 2.61. The molecule has 0 aliphatic carbocycles. The molecule has 0 radical (unpaired) electrons. The molecule has 2 aromatic carbocycles. The number of fused-ring (bicyclic) bond motifs is 2. The predicted molar refractivity (Wildman–Crippen MR) is 126 cm³/mol. The fourth-order valence-corrected chi connectivity index (χ4v) is 5.34. The molecule has 0 bridgehead atoms. The van der Waals surface area contributed by atoms with Crippen molar-refractivity contribution < 1.29 is 4.39 Å². The minimum atomic E-state index is -0.573. The zero-order chi connectivity index (χ0) is 22.4. The average molecular weight is 485 g/mol. The number of halogens is 2. The van der Waals surface area contributed by atoms with E-state index in [0.717, 1.165) is 5.69 Å². The molecule has 32 heavy (non-hydrogen) atoms. The maximum Gasteiger partial charge on any atom is 0.266 e. The van der Waals surface area contributed by atoms with E-state index < -0.39 is 5.82 Å². The molecule has 5 aromatic rings. The molecule has 0 amide bonds. The van der Waals surface area contributed by atoms with Crippen LogP contribution >= 0.6 is 34.7 Å². The second-order valence-corrected chi connectivity index (χ2v) is 9.21. The van der Waals surface area contributed by atoms with Gasteiger partial charge in [0, 0.05) is 22.9 Å². The van der Waals surface area contributed by atoms with Gasteiger partial charge in [0.1, 0.15) is 5.82 Å². The van der Waals surface area contributed by atoms with Crippen LogP contribution in [0, 0.1) is 12.7 Å². The van der Waals surface area contributed by atoms with Crippen molar-refractivity contribution in [3.8, 4) is 5.69 Å². The fraction of sp³-hybridized carbons (Fsp3) is 0.0909.